The largest absolute Gasteiger partial charge is 0.385 e. The second-order valence-corrected chi connectivity index (χ2v) is 4.65. The van der Waals surface area contributed by atoms with E-state index in [1.54, 1.807) is 7.11 Å². The zero-order valence-corrected chi connectivity index (χ0v) is 11.0. The lowest BCUT2D eigenvalue weighted by Crippen LogP contribution is -2.07. The lowest BCUT2D eigenvalue weighted by Gasteiger charge is -2.13. The Bertz CT molecular complexity index is 281. The molecule has 0 bridgehead atoms. The van der Waals surface area contributed by atoms with E-state index in [4.69, 9.17) is 16.3 Å². The first-order chi connectivity index (χ1) is 7.76. The van der Waals surface area contributed by atoms with Gasteiger partial charge in [-0.05, 0) is 37.7 Å². The van der Waals surface area contributed by atoms with Crippen molar-refractivity contribution in [3.05, 3.63) is 35.4 Å². The van der Waals surface area contributed by atoms with E-state index in [9.17, 15) is 0 Å². The highest BCUT2D eigenvalue weighted by molar-refractivity contribution is 6.18. The van der Waals surface area contributed by atoms with Crippen LogP contribution in [0.25, 0.3) is 0 Å². The lowest BCUT2D eigenvalue weighted by atomic mass is 9.96. The Balaban J connectivity index is 2.40. The molecule has 1 unspecified atom stereocenters. The van der Waals surface area contributed by atoms with E-state index in [0.29, 0.717) is 5.92 Å². The van der Waals surface area contributed by atoms with Gasteiger partial charge in [0, 0.05) is 19.6 Å². The highest BCUT2D eigenvalue weighted by Crippen LogP contribution is 2.16. The first-order valence-corrected chi connectivity index (χ1v) is 6.40. The van der Waals surface area contributed by atoms with Crippen LogP contribution in [0.2, 0.25) is 0 Å². The predicted octanol–water partition coefficient (Wildman–Crippen LogP) is 3.82. The molecule has 0 N–H and O–H groups in total. The van der Waals surface area contributed by atoms with Crippen LogP contribution in [0.15, 0.2) is 24.3 Å². The van der Waals surface area contributed by atoms with Crippen LogP contribution in [-0.4, -0.2) is 19.6 Å². The van der Waals surface area contributed by atoms with Crippen LogP contribution in [0.5, 0.6) is 0 Å². The van der Waals surface area contributed by atoms with Crippen molar-refractivity contribution >= 4 is 11.6 Å². The van der Waals surface area contributed by atoms with Crippen LogP contribution >= 0.6 is 11.6 Å². The normalized spacial score (nSPS) is 12.7. The molecule has 0 amide bonds. The minimum absolute atomic E-state index is 0.569. The van der Waals surface area contributed by atoms with Gasteiger partial charge in [-0.15, -0.1) is 11.6 Å². The molecular formula is C14H21ClO. The molecule has 1 aromatic carbocycles. The van der Waals surface area contributed by atoms with E-state index in [-0.39, 0.29) is 0 Å². The second kappa shape index (κ2) is 7.70. The average Bonchev–Trinajstić information content (AvgIpc) is 2.31. The highest BCUT2D eigenvalue weighted by atomic mass is 35.5. The van der Waals surface area contributed by atoms with Crippen LogP contribution in [0, 0.1) is 12.8 Å². The Labute approximate surface area is 104 Å². The fourth-order valence-corrected chi connectivity index (χ4v) is 2.07. The summed E-state index contributed by atoms with van der Waals surface area (Å²) in [6.45, 7) is 2.95. The second-order valence-electron chi connectivity index (χ2n) is 4.35. The van der Waals surface area contributed by atoms with Crippen molar-refractivity contribution < 1.29 is 4.74 Å². The third kappa shape index (κ3) is 5.00. The maximum atomic E-state index is 5.99. The lowest BCUT2D eigenvalue weighted by molar-refractivity contribution is 0.188. The molecule has 0 heterocycles. The monoisotopic (exact) mass is 240 g/mol. The van der Waals surface area contributed by atoms with Gasteiger partial charge in [0.1, 0.15) is 0 Å². The molecule has 0 aliphatic rings. The SMILES string of the molecule is COCCCC(CCl)Cc1ccc(C)cc1. The zero-order valence-electron chi connectivity index (χ0n) is 10.2. The summed E-state index contributed by atoms with van der Waals surface area (Å²) in [4.78, 5) is 0. The summed E-state index contributed by atoms with van der Waals surface area (Å²) in [5.74, 6) is 1.30. The molecule has 0 saturated heterocycles. The summed E-state index contributed by atoms with van der Waals surface area (Å²) in [5.41, 5.74) is 2.69. The van der Waals surface area contributed by atoms with Crippen LogP contribution < -0.4 is 0 Å². The van der Waals surface area contributed by atoms with Gasteiger partial charge in [-0.2, -0.15) is 0 Å². The number of halogens is 1. The summed E-state index contributed by atoms with van der Waals surface area (Å²) >= 11 is 5.99. The summed E-state index contributed by atoms with van der Waals surface area (Å²) in [6.07, 6.45) is 3.32. The molecule has 0 aliphatic heterocycles. The molecule has 0 fully saturated rings. The molecule has 16 heavy (non-hydrogen) atoms. The van der Waals surface area contributed by atoms with Gasteiger partial charge in [-0.25, -0.2) is 0 Å². The molecule has 2 heteroatoms. The number of aryl methyl sites for hydroxylation is 1. The number of rotatable bonds is 7. The topological polar surface area (TPSA) is 9.23 Å². The van der Waals surface area contributed by atoms with Crippen molar-refractivity contribution in [3.8, 4) is 0 Å². The number of ether oxygens (including phenoxy) is 1. The number of methoxy groups -OCH3 is 1. The summed E-state index contributed by atoms with van der Waals surface area (Å²) in [5, 5.41) is 0. The van der Waals surface area contributed by atoms with E-state index in [1.807, 2.05) is 0 Å². The summed E-state index contributed by atoms with van der Waals surface area (Å²) in [6, 6.07) is 8.72. The van der Waals surface area contributed by atoms with Crippen molar-refractivity contribution in [2.75, 3.05) is 19.6 Å². The minimum Gasteiger partial charge on any atom is -0.385 e. The Hall–Kier alpha value is -0.530. The van der Waals surface area contributed by atoms with Gasteiger partial charge in [0.15, 0.2) is 0 Å². The fourth-order valence-electron chi connectivity index (χ4n) is 1.81. The maximum absolute atomic E-state index is 5.99. The highest BCUT2D eigenvalue weighted by Gasteiger charge is 2.08. The molecular weight excluding hydrogens is 220 g/mol. The standard InChI is InChI=1S/C14H21ClO/c1-12-5-7-13(8-6-12)10-14(11-15)4-3-9-16-2/h5-8,14H,3-4,9-11H2,1-2H3. The van der Waals surface area contributed by atoms with Crippen LogP contribution in [0.1, 0.15) is 24.0 Å². The molecule has 1 atom stereocenters. The van der Waals surface area contributed by atoms with Gasteiger partial charge in [0.25, 0.3) is 0 Å². The van der Waals surface area contributed by atoms with Crippen LogP contribution in [0.4, 0.5) is 0 Å². The Kier molecular flexibility index (Phi) is 6.51. The van der Waals surface area contributed by atoms with Crippen molar-refractivity contribution in [2.45, 2.75) is 26.2 Å². The molecule has 0 spiro atoms. The van der Waals surface area contributed by atoms with E-state index in [0.717, 1.165) is 31.7 Å². The van der Waals surface area contributed by atoms with Gasteiger partial charge in [-0.3, -0.25) is 0 Å². The third-order valence-electron chi connectivity index (χ3n) is 2.82. The zero-order chi connectivity index (χ0) is 11.8. The van der Waals surface area contributed by atoms with Crippen LogP contribution in [0.3, 0.4) is 0 Å². The van der Waals surface area contributed by atoms with E-state index in [2.05, 4.69) is 31.2 Å². The quantitative estimate of drug-likeness (QED) is 0.520. The van der Waals surface area contributed by atoms with Crippen molar-refractivity contribution in [2.24, 2.45) is 5.92 Å². The number of alkyl halides is 1. The smallest absolute Gasteiger partial charge is 0.0462 e. The molecule has 0 saturated carbocycles. The molecule has 90 valence electrons. The summed E-state index contributed by atoms with van der Waals surface area (Å²) in [7, 11) is 1.75. The first-order valence-electron chi connectivity index (χ1n) is 5.86. The first kappa shape index (κ1) is 13.5. The Morgan fingerprint density at radius 3 is 2.50 bits per heavy atom. The van der Waals surface area contributed by atoms with E-state index in [1.165, 1.54) is 11.1 Å². The van der Waals surface area contributed by atoms with Gasteiger partial charge in [0.2, 0.25) is 0 Å². The van der Waals surface area contributed by atoms with Crippen molar-refractivity contribution in [1.82, 2.24) is 0 Å². The maximum Gasteiger partial charge on any atom is 0.0462 e. The van der Waals surface area contributed by atoms with Crippen molar-refractivity contribution in [3.63, 3.8) is 0 Å². The van der Waals surface area contributed by atoms with Crippen molar-refractivity contribution in [1.29, 1.82) is 0 Å². The molecule has 1 nitrogen and oxygen atoms in total. The average molecular weight is 241 g/mol. The molecule has 0 aromatic heterocycles. The molecule has 0 radical (unpaired) electrons. The summed E-state index contributed by atoms with van der Waals surface area (Å²) < 4.78 is 5.06. The van der Waals surface area contributed by atoms with E-state index < -0.39 is 0 Å². The number of hydrogen-bond acceptors (Lipinski definition) is 1. The fraction of sp³-hybridized carbons (Fsp3) is 0.571. The Morgan fingerprint density at radius 1 is 1.25 bits per heavy atom. The van der Waals surface area contributed by atoms with E-state index >= 15 is 0 Å². The number of hydrogen-bond donors (Lipinski definition) is 0. The molecule has 1 rings (SSSR count). The third-order valence-corrected chi connectivity index (χ3v) is 3.26. The Morgan fingerprint density at radius 2 is 1.94 bits per heavy atom. The molecule has 1 aromatic rings. The minimum atomic E-state index is 0.569. The van der Waals surface area contributed by atoms with Crippen LogP contribution in [-0.2, 0) is 11.2 Å². The van der Waals surface area contributed by atoms with Gasteiger partial charge in [0.05, 0.1) is 0 Å². The van der Waals surface area contributed by atoms with Gasteiger partial charge >= 0.3 is 0 Å². The molecule has 0 aliphatic carbocycles. The number of benzene rings is 1. The predicted molar refractivity (Wildman–Crippen MR) is 70.2 cm³/mol. The van der Waals surface area contributed by atoms with Gasteiger partial charge in [-0.1, -0.05) is 29.8 Å². The van der Waals surface area contributed by atoms with Gasteiger partial charge < -0.3 is 4.74 Å².